The van der Waals surface area contributed by atoms with Crippen LogP contribution in [0, 0.1) is 6.92 Å². The molecule has 0 unspecified atom stereocenters. The Morgan fingerprint density at radius 2 is 1.20 bits per heavy atom. The quantitative estimate of drug-likeness (QED) is 0.0930. The molecule has 49 heavy (non-hydrogen) atoms. The Morgan fingerprint density at radius 3 is 1.82 bits per heavy atom. The smallest absolute Gasteiger partial charge is 0.0540 e. The largest absolute Gasteiger partial charge is 0.309 e. The molecule has 5 aromatic carbocycles. The molecular weight excluding hydrogens is 591 g/mol. The van der Waals surface area contributed by atoms with Gasteiger partial charge in [-0.1, -0.05) is 152 Å². The molecule has 0 aliphatic rings. The number of hydrogen-bond acceptors (Lipinski definition) is 0. The Kier molecular flexibility index (Phi) is 13.7. The van der Waals surface area contributed by atoms with Gasteiger partial charge in [0.1, 0.15) is 0 Å². The van der Waals surface area contributed by atoms with Gasteiger partial charge in [0.15, 0.2) is 0 Å². The number of aryl methyl sites for hydroxylation is 1. The van der Waals surface area contributed by atoms with E-state index in [1.54, 1.807) is 6.08 Å². The van der Waals surface area contributed by atoms with E-state index < -0.39 is 0 Å². The van der Waals surface area contributed by atoms with Gasteiger partial charge in [0.25, 0.3) is 0 Å². The van der Waals surface area contributed by atoms with Crippen molar-refractivity contribution >= 4 is 22.6 Å². The van der Waals surface area contributed by atoms with Crippen molar-refractivity contribution in [3.63, 3.8) is 0 Å². The Labute approximate surface area is 294 Å². The summed E-state index contributed by atoms with van der Waals surface area (Å²) in [6.07, 6.45) is 14.1. The lowest BCUT2D eigenvalue weighted by Crippen LogP contribution is -1.96. The molecule has 0 N–H and O–H groups in total. The first-order valence-corrected chi connectivity index (χ1v) is 17.0. The first-order valence-electron chi connectivity index (χ1n) is 17.0. The predicted molar refractivity (Wildman–Crippen MR) is 218 cm³/mol. The normalized spacial score (nSPS) is 11.6. The summed E-state index contributed by atoms with van der Waals surface area (Å²) in [5.74, 6) is 0. The summed E-state index contributed by atoms with van der Waals surface area (Å²) >= 11 is 0. The molecule has 0 saturated carbocycles. The average molecular weight is 640 g/mol. The van der Waals surface area contributed by atoms with E-state index in [4.69, 9.17) is 0 Å². The zero-order chi connectivity index (χ0) is 35.0. The molecule has 246 valence electrons. The van der Waals surface area contributed by atoms with E-state index in [-0.39, 0.29) is 0 Å². The van der Waals surface area contributed by atoms with Crippen molar-refractivity contribution in [1.29, 1.82) is 0 Å². The monoisotopic (exact) mass is 639 g/mol. The topological polar surface area (TPSA) is 4.93 Å². The SMILES string of the molecule is C/C(=C\c1cc(-c2ccc3c(c2)cc(-c2ccccc2)n3-c2ccccc2)ccc1C)c1ccccc1.C/C=C\C.C=C/C=C(C)\C=C/C. The van der Waals surface area contributed by atoms with Gasteiger partial charge in [0.2, 0.25) is 0 Å². The summed E-state index contributed by atoms with van der Waals surface area (Å²) in [4.78, 5) is 0. The van der Waals surface area contributed by atoms with E-state index in [9.17, 15) is 0 Å². The maximum atomic E-state index is 3.57. The highest BCUT2D eigenvalue weighted by molar-refractivity contribution is 5.93. The van der Waals surface area contributed by atoms with Crippen molar-refractivity contribution in [2.75, 3.05) is 0 Å². The molecule has 6 rings (SSSR count). The molecule has 0 bridgehead atoms. The van der Waals surface area contributed by atoms with Crippen LogP contribution in [0.2, 0.25) is 0 Å². The number of fused-ring (bicyclic) bond motifs is 1. The summed E-state index contributed by atoms with van der Waals surface area (Å²) in [5, 5.41) is 1.23. The predicted octanol–water partition coefficient (Wildman–Crippen LogP) is 14.1. The first kappa shape index (κ1) is 36.2. The van der Waals surface area contributed by atoms with Gasteiger partial charge in [-0.15, -0.1) is 0 Å². The molecule has 6 aromatic rings. The lowest BCUT2D eigenvalue weighted by molar-refractivity contribution is 1.13. The number of hydrogen-bond donors (Lipinski definition) is 0. The van der Waals surface area contributed by atoms with Crippen LogP contribution in [0.15, 0.2) is 182 Å². The van der Waals surface area contributed by atoms with Crippen LogP contribution in [0.4, 0.5) is 0 Å². The van der Waals surface area contributed by atoms with Gasteiger partial charge in [0, 0.05) is 11.1 Å². The van der Waals surface area contributed by atoms with E-state index in [1.165, 1.54) is 66.8 Å². The fraction of sp³-hybridized carbons (Fsp3) is 0.125. The van der Waals surface area contributed by atoms with Gasteiger partial charge in [-0.25, -0.2) is 0 Å². The molecule has 1 nitrogen and oxygen atoms in total. The maximum Gasteiger partial charge on any atom is 0.0540 e. The van der Waals surface area contributed by atoms with E-state index in [2.05, 4.69) is 165 Å². The van der Waals surface area contributed by atoms with Crippen LogP contribution in [-0.4, -0.2) is 4.57 Å². The number of para-hydroxylation sites is 1. The van der Waals surface area contributed by atoms with Crippen molar-refractivity contribution in [3.05, 3.63) is 199 Å². The second-order valence-electron chi connectivity index (χ2n) is 11.9. The highest BCUT2D eigenvalue weighted by Crippen LogP contribution is 2.35. The molecule has 0 fully saturated rings. The fourth-order valence-electron chi connectivity index (χ4n) is 5.57. The molecule has 1 aromatic heterocycles. The molecule has 0 amide bonds. The number of aromatic nitrogens is 1. The fourth-order valence-corrected chi connectivity index (χ4v) is 5.57. The lowest BCUT2D eigenvalue weighted by atomic mass is 9.96. The van der Waals surface area contributed by atoms with Crippen LogP contribution < -0.4 is 0 Å². The third kappa shape index (κ3) is 9.92. The molecule has 1 heteroatoms. The minimum Gasteiger partial charge on any atom is -0.309 e. The summed E-state index contributed by atoms with van der Waals surface area (Å²) in [7, 11) is 0. The highest BCUT2D eigenvalue weighted by Gasteiger charge is 2.13. The van der Waals surface area contributed by atoms with Gasteiger partial charge in [-0.3, -0.25) is 0 Å². The third-order valence-corrected chi connectivity index (χ3v) is 8.24. The van der Waals surface area contributed by atoms with Crippen molar-refractivity contribution < 1.29 is 0 Å². The molecule has 0 saturated heterocycles. The Balaban J connectivity index is 0.000000389. The van der Waals surface area contributed by atoms with Crippen LogP contribution in [0.1, 0.15) is 51.3 Å². The zero-order valence-corrected chi connectivity index (χ0v) is 29.9. The molecule has 0 radical (unpaired) electrons. The summed E-state index contributed by atoms with van der Waals surface area (Å²) < 4.78 is 2.36. The second kappa shape index (κ2) is 18.6. The molecular formula is C48H49N. The number of nitrogens with zero attached hydrogens (tertiary/aromatic N) is 1. The first-order chi connectivity index (χ1) is 23.9. The summed E-state index contributed by atoms with van der Waals surface area (Å²) in [6.45, 7) is 16.0. The Hall–Kier alpha value is -5.66. The van der Waals surface area contributed by atoms with Gasteiger partial charge in [0.05, 0.1) is 11.2 Å². The van der Waals surface area contributed by atoms with Crippen LogP contribution in [-0.2, 0) is 0 Å². The molecule has 0 aliphatic carbocycles. The molecule has 0 spiro atoms. The van der Waals surface area contributed by atoms with Crippen LogP contribution in [0.5, 0.6) is 0 Å². The standard InChI is InChI=1S/C36H29N.C8H12.C4H8/c1-26-18-19-30(23-32(26)22-27(2)28-12-6-3-7-13-28)31-20-21-35-33(24-31)25-36(29-14-8-4-9-15-29)37(35)34-16-10-5-11-17-34;1-4-6-8(3)7-5-2;1-3-4-2/h3-25H,1-2H3;4-7H,1H2,2-3H3;3-4H,1-2H3/b27-22+;7-5-,8-6-;4-3-. The Morgan fingerprint density at radius 1 is 0.612 bits per heavy atom. The average Bonchev–Trinajstić information content (AvgIpc) is 3.53. The van der Waals surface area contributed by atoms with Crippen LogP contribution in [0.25, 0.3) is 50.6 Å². The number of rotatable bonds is 7. The molecule has 0 atom stereocenters. The molecule has 1 heterocycles. The van der Waals surface area contributed by atoms with Crippen LogP contribution >= 0.6 is 0 Å². The minimum absolute atomic E-state index is 1.17. The van der Waals surface area contributed by atoms with Crippen LogP contribution in [0.3, 0.4) is 0 Å². The van der Waals surface area contributed by atoms with E-state index in [0.29, 0.717) is 0 Å². The van der Waals surface area contributed by atoms with E-state index in [0.717, 1.165) is 0 Å². The maximum absolute atomic E-state index is 3.57. The Bertz CT molecular complexity index is 2050. The van der Waals surface area contributed by atoms with Gasteiger partial charge in [-0.05, 0) is 117 Å². The van der Waals surface area contributed by atoms with Crippen molar-refractivity contribution in [2.45, 2.75) is 41.5 Å². The highest BCUT2D eigenvalue weighted by atomic mass is 15.0. The van der Waals surface area contributed by atoms with Gasteiger partial charge < -0.3 is 4.57 Å². The van der Waals surface area contributed by atoms with Gasteiger partial charge in [-0.2, -0.15) is 0 Å². The summed E-state index contributed by atoms with van der Waals surface area (Å²) in [5.41, 5.74) is 13.5. The number of allylic oxidation sites excluding steroid dienone is 8. The summed E-state index contributed by atoms with van der Waals surface area (Å²) in [6, 6.07) is 47.8. The third-order valence-electron chi connectivity index (χ3n) is 8.24. The van der Waals surface area contributed by atoms with Crippen molar-refractivity contribution in [1.82, 2.24) is 4.57 Å². The zero-order valence-electron chi connectivity index (χ0n) is 29.9. The van der Waals surface area contributed by atoms with Crippen molar-refractivity contribution in [2.24, 2.45) is 0 Å². The van der Waals surface area contributed by atoms with Gasteiger partial charge >= 0.3 is 0 Å². The van der Waals surface area contributed by atoms with E-state index in [1.807, 2.05) is 58.1 Å². The number of benzene rings is 5. The van der Waals surface area contributed by atoms with Crippen molar-refractivity contribution in [3.8, 4) is 28.1 Å². The second-order valence-corrected chi connectivity index (χ2v) is 11.9. The molecule has 0 aliphatic heterocycles. The lowest BCUT2D eigenvalue weighted by Gasteiger charge is -2.12. The minimum atomic E-state index is 1.17. The van der Waals surface area contributed by atoms with E-state index >= 15 is 0 Å².